The number of alkyl carbamates (subject to hydrolysis) is 1. The van der Waals surface area contributed by atoms with Gasteiger partial charge in [0.1, 0.15) is 11.2 Å². The molecule has 25 heavy (non-hydrogen) atoms. The summed E-state index contributed by atoms with van der Waals surface area (Å²) < 4.78 is 10.6. The topological polar surface area (TPSA) is 76.7 Å². The van der Waals surface area contributed by atoms with Gasteiger partial charge in [-0.25, -0.2) is 9.59 Å². The van der Waals surface area contributed by atoms with Gasteiger partial charge in [0.25, 0.3) is 0 Å². The van der Waals surface area contributed by atoms with Crippen LogP contribution in [0, 0.1) is 0 Å². The number of anilines is 1. The fourth-order valence-corrected chi connectivity index (χ4v) is 1.96. The molecule has 0 saturated heterocycles. The molecule has 1 aromatic carbocycles. The number of nitrogens with one attached hydrogen (secondary N) is 2. The molecule has 6 nitrogen and oxygen atoms in total. The minimum absolute atomic E-state index is 0.0404. The highest BCUT2D eigenvalue weighted by Gasteiger charge is 2.19. The third-order valence-electron chi connectivity index (χ3n) is 2.86. The number of hydrogen-bond donors (Lipinski definition) is 2. The first kappa shape index (κ1) is 20.8. The maximum absolute atomic E-state index is 12.1. The fourth-order valence-electron chi connectivity index (χ4n) is 1.96. The third kappa shape index (κ3) is 8.98. The number of benzene rings is 1. The van der Waals surface area contributed by atoms with Crippen molar-refractivity contribution in [2.45, 2.75) is 65.7 Å². The van der Waals surface area contributed by atoms with E-state index in [1.807, 2.05) is 54.5 Å². The van der Waals surface area contributed by atoms with E-state index in [0.717, 1.165) is 5.69 Å². The van der Waals surface area contributed by atoms with E-state index in [-0.39, 0.29) is 12.0 Å². The largest absolute Gasteiger partial charge is 0.456 e. The van der Waals surface area contributed by atoms with Gasteiger partial charge in [0, 0.05) is 18.3 Å². The van der Waals surface area contributed by atoms with E-state index in [1.54, 1.807) is 18.2 Å². The summed E-state index contributed by atoms with van der Waals surface area (Å²) in [6.45, 7) is 13.3. The Morgan fingerprint density at radius 3 is 2.20 bits per heavy atom. The lowest BCUT2D eigenvalue weighted by molar-refractivity contribution is 0.00693. The molecule has 6 heteroatoms. The van der Waals surface area contributed by atoms with Crippen LogP contribution >= 0.6 is 0 Å². The number of esters is 1. The Morgan fingerprint density at radius 1 is 1.04 bits per heavy atom. The highest BCUT2D eigenvalue weighted by atomic mass is 16.6. The number of rotatable bonds is 5. The second-order valence-corrected chi connectivity index (χ2v) is 8.01. The van der Waals surface area contributed by atoms with E-state index < -0.39 is 17.3 Å². The van der Waals surface area contributed by atoms with Gasteiger partial charge >= 0.3 is 12.1 Å². The van der Waals surface area contributed by atoms with E-state index in [0.29, 0.717) is 12.1 Å². The van der Waals surface area contributed by atoms with E-state index in [1.165, 1.54) is 0 Å². The van der Waals surface area contributed by atoms with Crippen molar-refractivity contribution in [1.29, 1.82) is 0 Å². The quantitative estimate of drug-likeness (QED) is 0.786. The Labute approximate surface area is 150 Å². The van der Waals surface area contributed by atoms with Crippen LogP contribution in [0.3, 0.4) is 0 Å². The summed E-state index contributed by atoms with van der Waals surface area (Å²) in [5.74, 6) is -0.365. The van der Waals surface area contributed by atoms with Gasteiger partial charge in [0.15, 0.2) is 0 Å². The predicted octanol–water partition coefficient (Wildman–Crippen LogP) is 3.97. The molecule has 0 unspecified atom stereocenters. The van der Waals surface area contributed by atoms with Crippen molar-refractivity contribution < 1.29 is 19.1 Å². The van der Waals surface area contributed by atoms with E-state index in [9.17, 15) is 9.59 Å². The van der Waals surface area contributed by atoms with E-state index >= 15 is 0 Å². The van der Waals surface area contributed by atoms with E-state index in [2.05, 4.69) is 10.6 Å². The minimum atomic E-state index is -0.537. The van der Waals surface area contributed by atoms with Crippen molar-refractivity contribution in [3.8, 4) is 0 Å². The standard InChI is InChI=1S/C19H30N2O4/c1-13(12-20-17(23)25-19(5,6)7)21-15-10-8-9-14(11-15)16(22)24-18(2,3)4/h8-11,13,21H,12H2,1-7H3,(H,20,23)/t13-/m0/s1. The van der Waals surface area contributed by atoms with Crippen LogP contribution in [0.2, 0.25) is 0 Å². The number of hydrogen-bond acceptors (Lipinski definition) is 5. The van der Waals surface area contributed by atoms with Crippen LogP contribution in [0.1, 0.15) is 58.8 Å². The normalized spacial score (nSPS) is 12.9. The molecule has 1 amide bonds. The molecule has 1 aromatic rings. The van der Waals surface area contributed by atoms with Crippen molar-refractivity contribution in [3.63, 3.8) is 0 Å². The lowest BCUT2D eigenvalue weighted by Crippen LogP contribution is -2.38. The summed E-state index contributed by atoms with van der Waals surface area (Å²) in [4.78, 5) is 23.8. The molecule has 1 atom stereocenters. The first-order valence-corrected chi connectivity index (χ1v) is 8.42. The Balaban J connectivity index is 2.58. The first-order valence-electron chi connectivity index (χ1n) is 8.42. The summed E-state index contributed by atoms with van der Waals surface area (Å²) in [6, 6.07) is 7.05. The third-order valence-corrected chi connectivity index (χ3v) is 2.86. The maximum Gasteiger partial charge on any atom is 0.407 e. The van der Waals surface area contributed by atoms with Gasteiger partial charge in [0.2, 0.25) is 0 Å². The zero-order valence-corrected chi connectivity index (χ0v) is 16.2. The molecule has 140 valence electrons. The lowest BCUT2D eigenvalue weighted by atomic mass is 10.1. The average molecular weight is 350 g/mol. The summed E-state index contributed by atoms with van der Waals surface area (Å²) in [6.07, 6.45) is -0.455. The highest BCUT2D eigenvalue weighted by molar-refractivity contribution is 5.90. The van der Waals surface area contributed by atoms with Crippen LogP contribution in [-0.4, -0.2) is 35.9 Å². The number of carbonyl (C=O) groups excluding carboxylic acids is 2. The summed E-state index contributed by atoms with van der Waals surface area (Å²) >= 11 is 0. The van der Waals surface area contributed by atoms with Crippen molar-refractivity contribution in [2.24, 2.45) is 0 Å². The molecule has 1 rings (SSSR count). The van der Waals surface area contributed by atoms with Gasteiger partial charge in [-0.1, -0.05) is 6.07 Å². The second-order valence-electron chi connectivity index (χ2n) is 8.01. The highest BCUT2D eigenvalue weighted by Crippen LogP contribution is 2.16. The molecular formula is C19H30N2O4. The van der Waals surface area contributed by atoms with Crippen molar-refractivity contribution in [1.82, 2.24) is 5.32 Å². The molecule has 0 heterocycles. The van der Waals surface area contributed by atoms with Crippen molar-refractivity contribution in [3.05, 3.63) is 29.8 Å². The van der Waals surface area contributed by atoms with Crippen molar-refractivity contribution in [2.75, 3.05) is 11.9 Å². The Hall–Kier alpha value is -2.24. The van der Waals surface area contributed by atoms with Crippen LogP contribution in [0.25, 0.3) is 0 Å². The van der Waals surface area contributed by atoms with Gasteiger partial charge in [-0.3, -0.25) is 0 Å². The molecule has 0 saturated carbocycles. The average Bonchev–Trinajstić information content (AvgIpc) is 2.42. The SMILES string of the molecule is C[C@@H](CNC(=O)OC(C)(C)C)Nc1cccc(C(=O)OC(C)(C)C)c1. The van der Waals surface area contributed by atoms with Gasteiger partial charge in [-0.2, -0.15) is 0 Å². The maximum atomic E-state index is 12.1. The van der Waals surface area contributed by atoms with Gasteiger partial charge in [0.05, 0.1) is 5.56 Å². The Bertz CT molecular complexity index is 600. The molecule has 0 aliphatic carbocycles. The summed E-state index contributed by atoms with van der Waals surface area (Å²) in [7, 11) is 0. The second kappa shape index (κ2) is 8.23. The predicted molar refractivity (Wildman–Crippen MR) is 98.9 cm³/mol. The van der Waals surface area contributed by atoms with E-state index in [4.69, 9.17) is 9.47 Å². The van der Waals surface area contributed by atoms with Crippen LogP contribution in [0.4, 0.5) is 10.5 Å². The molecule has 0 fully saturated rings. The number of ether oxygens (including phenoxy) is 2. The monoisotopic (exact) mass is 350 g/mol. The van der Waals surface area contributed by atoms with Gasteiger partial charge in [-0.05, 0) is 66.7 Å². The fraction of sp³-hybridized carbons (Fsp3) is 0.579. The lowest BCUT2D eigenvalue weighted by Gasteiger charge is -2.22. The number of carbonyl (C=O) groups is 2. The molecule has 0 spiro atoms. The molecule has 0 aliphatic heterocycles. The molecule has 0 bridgehead atoms. The van der Waals surface area contributed by atoms with Crippen LogP contribution in [0.5, 0.6) is 0 Å². The summed E-state index contributed by atoms with van der Waals surface area (Å²) in [5, 5.41) is 5.95. The Morgan fingerprint density at radius 2 is 1.64 bits per heavy atom. The molecule has 0 aliphatic rings. The smallest absolute Gasteiger partial charge is 0.407 e. The van der Waals surface area contributed by atoms with Crippen molar-refractivity contribution >= 4 is 17.7 Å². The van der Waals surface area contributed by atoms with Crippen LogP contribution in [0.15, 0.2) is 24.3 Å². The van der Waals surface area contributed by atoms with Crippen LogP contribution in [-0.2, 0) is 9.47 Å². The summed E-state index contributed by atoms with van der Waals surface area (Å²) in [5.41, 5.74) is 0.197. The Kier molecular flexibility index (Phi) is 6.85. The molecule has 0 aromatic heterocycles. The zero-order chi connectivity index (χ0) is 19.3. The van der Waals surface area contributed by atoms with Gasteiger partial charge in [-0.15, -0.1) is 0 Å². The zero-order valence-electron chi connectivity index (χ0n) is 16.2. The molecule has 2 N–H and O–H groups in total. The van der Waals surface area contributed by atoms with Crippen LogP contribution < -0.4 is 10.6 Å². The number of amides is 1. The van der Waals surface area contributed by atoms with Gasteiger partial charge < -0.3 is 20.1 Å². The minimum Gasteiger partial charge on any atom is -0.456 e. The molecule has 0 radical (unpaired) electrons. The molecular weight excluding hydrogens is 320 g/mol. The first-order chi connectivity index (χ1) is 11.4.